The number of fused-ring (bicyclic) bond motifs is 1. The minimum Gasteiger partial charge on any atom is -0.444 e. The molecule has 0 aromatic carbocycles. The summed E-state index contributed by atoms with van der Waals surface area (Å²) in [4.78, 5) is 20.1. The molecule has 1 atom stereocenters. The predicted octanol–water partition coefficient (Wildman–Crippen LogP) is 3.05. The van der Waals surface area contributed by atoms with Gasteiger partial charge in [-0.3, -0.25) is 9.36 Å². The molecule has 0 fully saturated rings. The molecule has 2 aromatic heterocycles. The Labute approximate surface area is 145 Å². The molecule has 0 bridgehead atoms. The molecule has 0 radical (unpaired) electrons. The van der Waals surface area contributed by atoms with Crippen LogP contribution >= 0.6 is 12.2 Å². The van der Waals surface area contributed by atoms with Crippen molar-refractivity contribution < 1.29 is 9.15 Å². The zero-order valence-electron chi connectivity index (χ0n) is 14.3. The highest BCUT2D eigenvalue weighted by Gasteiger charge is 2.27. The summed E-state index contributed by atoms with van der Waals surface area (Å²) in [7, 11) is 1.63. The van der Waals surface area contributed by atoms with E-state index in [1.54, 1.807) is 17.9 Å². The van der Waals surface area contributed by atoms with Crippen molar-refractivity contribution in [1.82, 2.24) is 14.5 Å². The maximum Gasteiger partial charge on any atom is 0.261 e. The average Bonchev–Trinajstić information content (AvgIpc) is 3.03. The van der Waals surface area contributed by atoms with E-state index in [1.807, 2.05) is 6.08 Å². The summed E-state index contributed by atoms with van der Waals surface area (Å²) in [6.07, 6.45) is 5.14. The van der Waals surface area contributed by atoms with Crippen LogP contribution in [-0.4, -0.2) is 27.7 Å². The Morgan fingerprint density at radius 2 is 2.25 bits per heavy atom. The first-order valence-corrected chi connectivity index (χ1v) is 8.20. The van der Waals surface area contributed by atoms with E-state index >= 15 is 0 Å². The highest BCUT2D eigenvalue weighted by atomic mass is 32.1. The number of hydrogen-bond acceptors (Lipinski definition) is 5. The van der Waals surface area contributed by atoms with E-state index in [1.165, 1.54) is 6.39 Å². The van der Waals surface area contributed by atoms with Crippen molar-refractivity contribution in [3.63, 3.8) is 0 Å². The van der Waals surface area contributed by atoms with E-state index in [-0.39, 0.29) is 17.1 Å². The Morgan fingerprint density at radius 1 is 1.50 bits per heavy atom. The summed E-state index contributed by atoms with van der Waals surface area (Å²) in [6.45, 7) is 6.77. The molecule has 0 aliphatic heterocycles. The first-order valence-electron chi connectivity index (χ1n) is 7.79. The molecule has 0 saturated heterocycles. The van der Waals surface area contributed by atoms with Crippen LogP contribution in [-0.2, 0) is 17.7 Å². The van der Waals surface area contributed by atoms with E-state index in [0.717, 1.165) is 11.3 Å². The lowest BCUT2D eigenvalue weighted by molar-refractivity contribution is 0.146. The monoisotopic (exact) mass is 347 g/mol. The third kappa shape index (κ3) is 3.14. The second-order valence-electron chi connectivity index (χ2n) is 7.17. The van der Waals surface area contributed by atoms with E-state index in [9.17, 15) is 4.79 Å². The second-order valence-corrected chi connectivity index (χ2v) is 7.55. The lowest BCUT2D eigenvalue weighted by Gasteiger charge is -2.25. The molecule has 1 aliphatic carbocycles. The molecule has 6 nitrogen and oxygen atoms in total. The Morgan fingerprint density at radius 3 is 2.83 bits per heavy atom. The number of ether oxygens (including phenoxy) is 1. The van der Waals surface area contributed by atoms with Crippen molar-refractivity contribution >= 4 is 23.9 Å². The SMILES string of the molecule is COC1Cc2[nH]c(=S)n(CC(C)(C)C)c(=O)c2C=C1c1cnco1. The van der Waals surface area contributed by atoms with Crippen LogP contribution in [0.5, 0.6) is 0 Å². The summed E-state index contributed by atoms with van der Waals surface area (Å²) in [5.41, 5.74) is 2.07. The maximum atomic E-state index is 13.0. The van der Waals surface area contributed by atoms with Gasteiger partial charge in [0.1, 0.15) is 0 Å². The molecule has 24 heavy (non-hydrogen) atoms. The number of aromatic nitrogens is 3. The average molecular weight is 347 g/mol. The first kappa shape index (κ1) is 16.9. The van der Waals surface area contributed by atoms with Gasteiger partial charge in [-0.1, -0.05) is 20.8 Å². The van der Waals surface area contributed by atoms with Crippen LogP contribution in [0.25, 0.3) is 11.6 Å². The molecule has 1 N–H and O–H groups in total. The van der Waals surface area contributed by atoms with Crippen molar-refractivity contribution in [1.29, 1.82) is 0 Å². The standard InChI is InChI=1S/C17H21N3O3S/c1-17(2,3)8-20-15(21)10-5-11(14-7-18-9-23-14)13(22-4)6-12(10)19-16(20)24/h5,7,9,13H,6,8H2,1-4H3,(H,19,24). The van der Waals surface area contributed by atoms with Crippen molar-refractivity contribution in [2.24, 2.45) is 5.41 Å². The molecule has 1 unspecified atom stereocenters. The highest BCUT2D eigenvalue weighted by molar-refractivity contribution is 7.71. The van der Waals surface area contributed by atoms with Crippen LogP contribution in [0.1, 0.15) is 37.8 Å². The topological polar surface area (TPSA) is 73.0 Å². The van der Waals surface area contributed by atoms with Crippen LogP contribution in [0, 0.1) is 10.2 Å². The fourth-order valence-corrected chi connectivity index (χ4v) is 3.17. The van der Waals surface area contributed by atoms with E-state index in [4.69, 9.17) is 21.4 Å². The molecule has 0 spiro atoms. The van der Waals surface area contributed by atoms with Crippen LogP contribution in [0.4, 0.5) is 0 Å². The fourth-order valence-electron chi connectivity index (χ4n) is 2.90. The van der Waals surface area contributed by atoms with Gasteiger partial charge >= 0.3 is 0 Å². The lowest BCUT2D eigenvalue weighted by atomic mass is 9.92. The zero-order valence-corrected chi connectivity index (χ0v) is 15.1. The minimum absolute atomic E-state index is 0.0549. The number of nitrogens with zero attached hydrogens (tertiary/aromatic N) is 2. The van der Waals surface area contributed by atoms with Crippen LogP contribution < -0.4 is 5.56 Å². The third-order valence-corrected chi connectivity index (χ3v) is 4.30. The molecule has 0 saturated carbocycles. The van der Waals surface area contributed by atoms with Gasteiger partial charge in [0, 0.05) is 31.3 Å². The van der Waals surface area contributed by atoms with E-state index in [2.05, 4.69) is 30.7 Å². The second kappa shape index (κ2) is 6.14. The molecule has 1 aliphatic rings. The molecule has 2 heterocycles. The lowest BCUT2D eigenvalue weighted by Crippen LogP contribution is -2.33. The van der Waals surface area contributed by atoms with Crippen molar-refractivity contribution in [3.05, 3.63) is 44.7 Å². The number of hydrogen-bond donors (Lipinski definition) is 1. The van der Waals surface area contributed by atoms with Gasteiger partial charge in [0.05, 0.1) is 17.9 Å². The maximum absolute atomic E-state index is 13.0. The summed E-state index contributed by atoms with van der Waals surface area (Å²) in [5, 5.41) is 0. The molecular weight excluding hydrogens is 326 g/mol. The van der Waals surface area contributed by atoms with Crippen LogP contribution in [0.2, 0.25) is 0 Å². The van der Waals surface area contributed by atoms with Gasteiger partial charge in [-0.15, -0.1) is 0 Å². The molecular formula is C17H21N3O3S. The van der Waals surface area contributed by atoms with Gasteiger partial charge in [0.25, 0.3) is 5.56 Å². The third-order valence-electron chi connectivity index (χ3n) is 3.97. The van der Waals surface area contributed by atoms with Crippen LogP contribution in [0.15, 0.2) is 21.8 Å². The Balaban J connectivity index is 2.17. The molecule has 7 heteroatoms. The largest absolute Gasteiger partial charge is 0.444 e. The molecule has 2 aromatic rings. The van der Waals surface area contributed by atoms with Crippen molar-refractivity contribution in [3.8, 4) is 0 Å². The Bertz CT molecular complexity index is 885. The highest BCUT2D eigenvalue weighted by Crippen LogP contribution is 2.30. The smallest absolute Gasteiger partial charge is 0.261 e. The number of H-pyrrole nitrogens is 1. The van der Waals surface area contributed by atoms with Gasteiger partial charge in [0.2, 0.25) is 0 Å². The van der Waals surface area contributed by atoms with Crippen LogP contribution in [0.3, 0.4) is 0 Å². The summed E-state index contributed by atoms with van der Waals surface area (Å²) >= 11 is 5.39. The van der Waals surface area contributed by atoms with Crippen molar-refractivity contribution in [2.45, 2.75) is 39.8 Å². The number of rotatable bonds is 3. The number of nitrogens with one attached hydrogen (secondary N) is 1. The predicted molar refractivity (Wildman–Crippen MR) is 94.2 cm³/mol. The minimum atomic E-state index is -0.214. The summed E-state index contributed by atoms with van der Waals surface area (Å²) < 4.78 is 13.0. The van der Waals surface area contributed by atoms with Gasteiger partial charge < -0.3 is 14.1 Å². The van der Waals surface area contributed by atoms with Gasteiger partial charge in [0.15, 0.2) is 16.9 Å². The van der Waals surface area contributed by atoms with Gasteiger partial charge in [-0.2, -0.15) is 0 Å². The normalized spacial score (nSPS) is 17.5. The number of aromatic amines is 1. The summed E-state index contributed by atoms with van der Waals surface area (Å²) in [5.74, 6) is 0.608. The molecule has 0 amide bonds. The first-order chi connectivity index (χ1) is 11.3. The van der Waals surface area contributed by atoms with Gasteiger partial charge in [-0.05, 0) is 23.7 Å². The number of oxazole rings is 1. The number of methoxy groups -OCH3 is 1. The Kier molecular flexibility index (Phi) is 4.31. The Hall–Kier alpha value is -1.99. The molecule has 3 rings (SSSR count). The molecule has 128 valence electrons. The van der Waals surface area contributed by atoms with Gasteiger partial charge in [-0.25, -0.2) is 4.98 Å². The zero-order chi connectivity index (χ0) is 17.5. The quantitative estimate of drug-likeness (QED) is 0.864. The fraction of sp³-hybridized carbons (Fsp3) is 0.471. The van der Waals surface area contributed by atoms with E-state index in [0.29, 0.717) is 29.1 Å². The van der Waals surface area contributed by atoms with Crippen molar-refractivity contribution in [2.75, 3.05) is 7.11 Å². The summed E-state index contributed by atoms with van der Waals surface area (Å²) in [6, 6.07) is 0. The van der Waals surface area contributed by atoms with E-state index < -0.39 is 0 Å².